The third-order valence-corrected chi connectivity index (χ3v) is 6.76. The van der Waals surface area contributed by atoms with Crippen LogP contribution in [0.25, 0.3) is 11.0 Å². The van der Waals surface area contributed by atoms with Crippen molar-refractivity contribution in [1.29, 1.82) is 0 Å². The molecule has 1 unspecified atom stereocenters. The molecule has 1 saturated heterocycles. The van der Waals surface area contributed by atoms with Gasteiger partial charge in [-0.15, -0.1) is 0 Å². The number of benzene rings is 1. The Kier molecular flexibility index (Phi) is 8.13. The molecule has 0 aliphatic carbocycles. The summed E-state index contributed by atoms with van der Waals surface area (Å²) in [5.41, 5.74) is 7.17. The van der Waals surface area contributed by atoms with E-state index in [1.807, 2.05) is 6.92 Å². The number of hydrogen-bond acceptors (Lipinski definition) is 9. The summed E-state index contributed by atoms with van der Waals surface area (Å²) in [6.07, 6.45) is 0.716. The number of nitrogens with two attached hydrogens (primary N) is 1. The number of nitrogen functional groups attached to an aromatic ring is 1. The van der Waals surface area contributed by atoms with Gasteiger partial charge in [0.15, 0.2) is 0 Å². The summed E-state index contributed by atoms with van der Waals surface area (Å²) in [6, 6.07) is 8.69. The van der Waals surface area contributed by atoms with Crippen molar-refractivity contribution in [3.63, 3.8) is 0 Å². The summed E-state index contributed by atoms with van der Waals surface area (Å²) < 4.78 is 18.4. The molecule has 4 N–H and O–H groups in total. The van der Waals surface area contributed by atoms with Gasteiger partial charge in [-0.2, -0.15) is 4.52 Å². The number of rotatable bonds is 9. The van der Waals surface area contributed by atoms with Crippen LogP contribution in [0, 0.1) is 5.92 Å². The van der Waals surface area contributed by atoms with Crippen molar-refractivity contribution in [2.45, 2.75) is 37.9 Å². The molecule has 1 fully saturated rings. The van der Waals surface area contributed by atoms with E-state index in [9.17, 15) is 15.1 Å². The van der Waals surface area contributed by atoms with Crippen LogP contribution in [0.3, 0.4) is 0 Å². The molecule has 0 radical (unpaired) electrons. The molecule has 4 rings (SSSR count). The van der Waals surface area contributed by atoms with Crippen molar-refractivity contribution < 1.29 is 29.1 Å². The Morgan fingerprint density at radius 1 is 1.38 bits per heavy atom. The molecular formula is C22H26ClN4O6P. The van der Waals surface area contributed by atoms with Crippen LogP contribution in [-0.4, -0.2) is 56.2 Å². The maximum absolute atomic E-state index is 12.1. The number of aliphatic hydroxyl groups is 2. The fourth-order valence-electron chi connectivity index (χ4n) is 3.91. The molecule has 6 atom stereocenters. The van der Waals surface area contributed by atoms with E-state index in [1.54, 1.807) is 41.1 Å². The fraction of sp³-hybridized carbons (Fsp3) is 0.409. The quantitative estimate of drug-likeness (QED) is 0.370. The van der Waals surface area contributed by atoms with E-state index in [4.69, 9.17) is 31.3 Å². The van der Waals surface area contributed by atoms with Gasteiger partial charge in [0.1, 0.15) is 36.7 Å². The predicted molar refractivity (Wildman–Crippen MR) is 127 cm³/mol. The van der Waals surface area contributed by atoms with Crippen molar-refractivity contribution in [2.75, 3.05) is 18.9 Å². The molecule has 0 spiro atoms. The Labute approximate surface area is 202 Å². The van der Waals surface area contributed by atoms with Gasteiger partial charge in [0.2, 0.25) is 14.0 Å². The van der Waals surface area contributed by atoms with Gasteiger partial charge in [-0.25, -0.2) is 9.97 Å². The number of ether oxygens (including phenoxy) is 2. The molecule has 1 aliphatic heterocycles. The molecule has 3 aromatic rings. The minimum Gasteiger partial charge on any atom is -0.601 e. The number of anilines is 1. The van der Waals surface area contributed by atoms with Gasteiger partial charge in [0.25, 0.3) is 0 Å². The van der Waals surface area contributed by atoms with Crippen molar-refractivity contribution in [2.24, 2.45) is 5.92 Å². The van der Waals surface area contributed by atoms with Crippen LogP contribution in [0.5, 0.6) is 0 Å². The zero-order chi connectivity index (χ0) is 24.2. The summed E-state index contributed by atoms with van der Waals surface area (Å²) in [5, 5.41) is 22.0. The lowest BCUT2D eigenvalue weighted by Crippen LogP contribution is -2.29. The lowest BCUT2D eigenvalue weighted by molar-refractivity contribution is -0.173. The highest BCUT2D eigenvalue weighted by Gasteiger charge is 2.42. The molecule has 34 heavy (non-hydrogen) atoms. The summed E-state index contributed by atoms with van der Waals surface area (Å²) in [5.74, 6) is 1.19. The maximum Gasteiger partial charge on any atom is 0.247 e. The molecule has 1 aliphatic rings. The first-order chi connectivity index (χ1) is 16.3. The van der Waals surface area contributed by atoms with Gasteiger partial charge in [-0.05, 0) is 23.8 Å². The van der Waals surface area contributed by atoms with Gasteiger partial charge in [-0.3, -0.25) is 0 Å². The van der Waals surface area contributed by atoms with Crippen molar-refractivity contribution >= 4 is 42.4 Å². The van der Waals surface area contributed by atoms with Gasteiger partial charge < -0.3 is 34.9 Å². The van der Waals surface area contributed by atoms with Crippen LogP contribution in [0.4, 0.5) is 5.82 Å². The zero-order valence-corrected chi connectivity index (χ0v) is 20.0. The van der Waals surface area contributed by atoms with Crippen LogP contribution in [-0.2, 0) is 14.0 Å². The van der Waals surface area contributed by atoms with E-state index in [0.717, 1.165) is 5.98 Å². The highest BCUT2D eigenvalue weighted by molar-refractivity contribution is 7.44. The molecular weight excluding hydrogens is 483 g/mol. The number of hydrogen-bond donors (Lipinski definition) is 3. The van der Waals surface area contributed by atoms with Gasteiger partial charge in [0, 0.05) is 23.6 Å². The van der Waals surface area contributed by atoms with Crippen LogP contribution in [0.1, 0.15) is 31.2 Å². The molecule has 2 aromatic heterocycles. The summed E-state index contributed by atoms with van der Waals surface area (Å²) in [7, 11) is -2.21. The Balaban J connectivity index is 1.27. The normalized spacial score (nSPS) is 24.1. The highest BCUT2D eigenvalue weighted by atomic mass is 35.5. The Bertz CT molecular complexity index is 1160. The number of fused-ring (bicyclic) bond motifs is 1. The Morgan fingerprint density at radius 2 is 2.21 bits per heavy atom. The van der Waals surface area contributed by atoms with Gasteiger partial charge in [-0.1, -0.05) is 30.7 Å². The molecule has 10 nitrogen and oxygen atoms in total. The average molecular weight is 509 g/mol. The third-order valence-electron chi connectivity index (χ3n) is 5.76. The first-order valence-corrected chi connectivity index (χ1v) is 12.4. The highest BCUT2D eigenvalue weighted by Crippen LogP contribution is 2.37. The predicted octanol–water partition coefficient (Wildman–Crippen LogP) is 2.15. The van der Waals surface area contributed by atoms with Gasteiger partial charge >= 0.3 is 0 Å². The molecule has 0 amide bonds. The van der Waals surface area contributed by atoms with E-state index >= 15 is 0 Å². The molecule has 182 valence electrons. The second-order valence-corrected chi connectivity index (χ2v) is 9.53. The third kappa shape index (κ3) is 5.56. The average Bonchev–Trinajstić information content (AvgIpc) is 3.36. The molecule has 1 aromatic carbocycles. The van der Waals surface area contributed by atoms with E-state index in [1.165, 1.54) is 6.33 Å². The summed E-state index contributed by atoms with van der Waals surface area (Å²) >= 11 is 5.92. The molecule has 0 saturated carbocycles. The maximum atomic E-state index is 12.1. The van der Waals surface area contributed by atoms with Crippen molar-refractivity contribution in [1.82, 2.24) is 14.5 Å². The minimum absolute atomic E-state index is 0.00605. The first-order valence-electron chi connectivity index (χ1n) is 10.7. The Hall–Kier alpha value is -2.14. The molecule has 12 heteroatoms. The summed E-state index contributed by atoms with van der Waals surface area (Å²) in [6.45, 7) is 1.92. The smallest absolute Gasteiger partial charge is 0.247 e. The lowest BCUT2D eigenvalue weighted by atomic mass is 10.0. The van der Waals surface area contributed by atoms with E-state index in [2.05, 4.69) is 9.97 Å². The van der Waals surface area contributed by atoms with Crippen molar-refractivity contribution in [3.05, 3.63) is 53.4 Å². The number of halogens is 1. The van der Waals surface area contributed by atoms with Crippen LogP contribution < -0.4 is 10.6 Å². The van der Waals surface area contributed by atoms with Gasteiger partial charge in [0.05, 0.1) is 24.2 Å². The minimum atomic E-state index is -2.21. The zero-order valence-electron chi connectivity index (χ0n) is 18.4. The van der Waals surface area contributed by atoms with Crippen molar-refractivity contribution in [3.8, 4) is 0 Å². The van der Waals surface area contributed by atoms with E-state index < -0.39 is 32.5 Å². The van der Waals surface area contributed by atoms with E-state index in [-0.39, 0.29) is 25.6 Å². The van der Waals surface area contributed by atoms with Crippen LogP contribution in [0.15, 0.2) is 42.9 Å². The first kappa shape index (κ1) is 25.0. The largest absolute Gasteiger partial charge is 0.601 e. The molecule has 0 bridgehead atoms. The monoisotopic (exact) mass is 508 g/mol. The van der Waals surface area contributed by atoms with E-state index in [0.29, 0.717) is 27.4 Å². The molecule has 3 heterocycles. The SMILES string of the molecule is C[C@H]1[C@H](O)[C@@H](COC=[P+]([O-])OCC[C@H](O)c2cccc(Cl)c2)O[C@H]1n1ccc2c(N)ncnc21. The standard InChI is InChI=1S/C22H26ClN4O6P/c1-13-19(29)18(33-22(13)27-7-5-16-20(24)25-11-26-21(16)27)10-31-12-34(30)32-8-6-17(28)14-3-2-4-15(23)9-14/h2-5,7,9,11-13,17-19,22,28-29H,6,8,10H2,1H3,(H2,24,25,26)/t13-,17-,18+,19-,22+/m0/s1. The lowest BCUT2D eigenvalue weighted by Gasteiger charge is -2.18. The second kappa shape index (κ2) is 11.1. The number of aliphatic hydroxyl groups excluding tert-OH is 2. The van der Waals surface area contributed by atoms with Crippen LogP contribution in [0.2, 0.25) is 5.02 Å². The fourth-order valence-corrected chi connectivity index (χ4v) is 4.66. The number of nitrogens with zero attached hydrogens (tertiary/aromatic N) is 3. The topological polar surface area (TPSA) is 148 Å². The summed E-state index contributed by atoms with van der Waals surface area (Å²) in [4.78, 5) is 20.3. The van der Waals surface area contributed by atoms with Crippen LogP contribution >= 0.6 is 19.6 Å². The second-order valence-electron chi connectivity index (χ2n) is 8.05. The number of aromatic nitrogens is 3. The Morgan fingerprint density at radius 3 is 3.00 bits per heavy atom.